The standard InChI is InChI=1S/C24H30N2O4S2/c1-17-3-7-19(8-4-17)11-25-21-13-31(27,28)15-23(21)26(12-20-9-5-18(2)6-10-20)24-16-32(29,30)14-22(24)25/h3-10,21-24H,11-16H2,1-2H3/t21-,22-,23+,24+. The summed E-state index contributed by atoms with van der Waals surface area (Å²) in [5.41, 5.74) is 4.51. The van der Waals surface area contributed by atoms with Crippen LogP contribution in [-0.2, 0) is 32.8 Å². The number of rotatable bonds is 4. The molecule has 0 amide bonds. The van der Waals surface area contributed by atoms with Crippen LogP contribution in [0.1, 0.15) is 22.3 Å². The van der Waals surface area contributed by atoms with Gasteiger partial charge in [-0.25, -0.2) is 16.8 Å². The Balaban J connectivity index is 1.53. The zero-order chi connectivity index (χ0) is 22.7. The van der Waals surface area contributed by atoms with Gasteiger partial charge in [0.05, 0.1) is 23.0 Å². The molecular formula is C24H30N2O4S2. The van der Waals surface area contributed by atoms with Crippen molar-refractivity contribution in [3.63, 3.8) is 0 Å². The second-order valence-corrected chi connectivity index (χ2v) is 14.0. The van der Waals surface area contributed by atoms with Crippen molar-refractivity contribution < 1.29 is 16.8 Å². The third-order valence-electron chi connectivity index (χ3n) is 7.26. The van der Waals surface area contributed by atoms with Crippen LogP contribution in [0.3, 0.4) is 0 Å². The summed E-state index contributed by atoms with van der Waals surface area (Å²) in [7, 11) is -6.37. The molecule has 3 saturated heterocycles. The maximum atomic E-state index is 12.8. The average molecular weight is 475 g/mol. The van der Waals surface area contributed by atoms with Gasteiger partial charge in [0.2, 0.25) is 0 Å². The van der Waals surface area contributed by atoms with Crippen LogP contribution in [0, 0.1) is 13.8 Å². The number of aryl methyl sites for hydroxylation is 2. The summed E-state index contributed by atoms with van der Waals surface area (Å²) in [6.07, 6.45) is 0. The molecule has 3 fully saturated rings. The quantitative estimate of drug-likeness (QED) is 0.674. The number of hydrogen-bond donors (Lipinski definition) is 0. The van der Waals surface area contributed by atoms with Crippen molar-refractivity contribution in [3.05, 3.63) is 70.8 Å². The van der Waals surface area contributed by atoms with Crippen molar-refractivity contribution in [1.82, 2.24) is 9.80 Å². The van der Waals surface area contributed by atoms with E-state index in [-0.39, 0.29) is 47.2 Å². The van der Waals surface area contributed by atoms with Gasteiger partial charge >= 0.3 is 0 Å². The molecule has 0 N–H and O–H groups in total. The maximum Gasteiger partial charge on any atom is 0.153 e. The van der Waals surface area contributed by atoms with Crippen molar-refractivity contribution in [2.24, 2.45) is 0 Å². The first-order chi connectivity index (χ1) is 15.1. The Morgan fingerprint density at radius 1 is 0.594 bits per heavy atom. The van der Waals surface area contributed by atoms with Crippen molar-refractivity contribution in [3.8, 4) is 0 Å². The summed E-state index contributed by atoms with van der Waals surface area (Å²) in [6, 6.07) is 15.7. The molecule has 32 heavy (non-hydrogen) atoms. The first-order valence-corrected chi connectivity index (χ1v) is 14.8. The van der Waals surface area contributed by atoms with Crippen molar-refractivity contribution >= 4 is 19.7 Å². The fraction of sp³-hybridized carbons (Fsp3) is 0.500. The van der Waals surface area contributed by atoms with Crippen LogP contribution in [-0.4, -0.2) is 73.8 Å². The van der Waals surface area contributed by atoms with Crippen LogP contribution in [0.5, 0.6) is 0 Å². The summed E-state index contributed by atoms with van der Waals surface area (Å²) < 4.78 is 51.0. The van der Waals surface area contributed by atoms with Gasteiger partial charge in [0.1, 0.15) is 0 Å². The molecule has 2 aromatic carbocycles. The molecule has 0 aliphatic carbocycles. The van der Waals surface area contributed by atoms with Gasteiger partial charge in [-0.15, -0.1) is 0 Å². The third-order valence-corrected chi connectivity index (χ3v) is 10.7. The molecule has 2 aromatic rings. The largest absolute Gasteiger partial charge is 0.288 e. The number of sulfone groups is 2. The first-order valence-electron chi connectivity index (χ1n) is 11.1. The summed E-state index contributed by atoms with van der Waals surface area (Å²) in [4.78, 5) is 4.39. The van der Waals surface area contributed by atoms with E-state index in [2.05, 4.69) is 58.3 Å². The zero-order valence-electron chi connectivity index (χ0n) is 18.5. The van der Waals surface area contributed by atoms with Crippen LogP contribution in [0.2, 0.25) is 0 Å². The van der Waals surface area contributed by atoms with Gasteiger partial charge in [0, 0.05) is 37.3 Å². The van der Waals surface area contributed by atoms with Gasteiger partial charge in [-0.3, -0.25) is 9.80 Å². The second kappa shape index (κ2) is 7.94. The van der Waals surface area contributed by atoms with Crippen LogP contribution >= 0.6 is 0 Å². The molecule has 3 aliphatic heterocycles. The molecule has 3 heterocycles. The van der Waals surface area contributed by atoms with E-state index < -0.39 is 19.7 Å². The first kappa shape index (κ1) is 22.1. The van der Waals surface area contributed by atoms with Crippen molar-refractivity contribution in [1.29, 1.82) is 0 Å². The molecule has 172 valence electrons. The monoisotopic (exact) mass is 474 g/mol. The van der Waals surface area contributed by atoms with Gasteiger partial charge < -0.3 is 0 Å². The fourth-order valence-corrected chi connectivity index (χ4v) is 9.67. The van der Waals surface area contributed by atoms with E-state index in [4.69, 9.17) is 0 Å². The molecule has 0 aromatic heterocycles. The van der Waals surface area contributed by atoms with E-state index >= 15 is 0 Å². The van der Waals surface area contributed by atoms with Gasteiger partial charge in [-0.2, -0.15) is 0 Å². The van der Waals surface area contributed by atoms with Crippen LogP contribution in [0.15, 0.2) is 48.5 Å². The Hall–Kier alpha value is -1.74. The fourth-order valence-electron chi connectivity index (χ4n) is 5.66. The Kier molecular flexibility index (Phi) is 5.47. The van der Waals surface area contributed by atoms with E-state index in [1.54, 1.807) is 0 Å². The Morgan fingerprint density at radius 2 is 0.875 bits per heavy atom. The van der Waals surface area contributed by atoms with E-state index in [9.17, 15) is 16.8 Å². The maximum absolute atomic E-state index is 12.8. The minimum atomic E-state index is -3.19. The van der Waals surface area contributed by atoms with E-state index in [0.29, 0.717) is 13.1 Å². The Labute approximate surface area is 191 Å². The number of benzene rings is 2. The minimum Gasteiger partial charge on any atom is -0.288 e. The minimum absolute atomic E-state index is 0.0944. The molecule has 6 nitrogen and oxygen atoms in total. The summed E-state index contributed by atoms with van der Waals surface area (Å²) >= 11 is 0. The molecule has 0 radical (unpaired) electrons. The van der Waals surface area contributed by atoms with Crippen LogP contribution < -0.4 is 0 Å². The molecule has 8 heteroatoms. The number of nitrogens with zero attached hydrogens (tertiary/aromatic N) is 2. The average Bonchev–Trinajstić information content (AvgIpc) is 3.22. The van der Waals surface area contributed by atoms with Gasteiger partial charge in [-0.1, -0.05) is 59.7 Å². The van der Waals surface area contributed by atoms with Crippen LogP contribution in [0.25, 0.3) is 0 Å². The highest BCUT2D eigenvalue weighted by Gasteiger charge is 2.57. The molecule has 0 spiro atoms. The number of fused-ring (bicyclic) bond motifs is 2. The molecular weight excluding hydrogens is 444 g/mol. The third kappa shape index (κ3) is 4.25. The summed E-state index contributed by atoms with van der Waals surface area (Å²) in [5, 5.41) is 0. The molecule has 5 rings (SSSR count). The Morgan fingerprint density at radius 3 is 1.16 bits per heavy atom. The van der Waals surface area contributed by atoms with Crippen molar-refractivity contribution in [2.75, 3.05) is 23.0 Å². The molecule has 4 atom stereocenters. The Bertz CT molecular complexity index is 1070. The number of hydrogen-bond acceptors (Lipinski definition) is 6. The molecule has 0 bridgehead atoms. The lowest BCUT2D eigenvalue weighted by atomic mass is 9.93. The predicted molar refractivity (Wildman–Crippen MR) is 126 cm³/mol. The van der Waals surface area contributed by atoms with E-state index in [0.717, 1.165) is 11.1 Å². The smallest absolute Gasteiger partial charge is 0.153 e. The summed E-state index contributed by atoms with van der Waals surface area (Å²) in [6.45, 7) is 5.22. The highest BCUT2D eigenvalue weighted by atomic mass is 32.2. The lowest BCUT2D eigenvalue weighted by Gasteiger charge is -2.51. The highest BCUT2D eigenvalue weighted by Crippen LogP contribution is 2.39. The zero-order valence-corrected chi connectivity index (χ0v) is 20.1. The lowest BCUT2D eigenvalue weighted by molar-refractivity contribution is -0.0341. The number of piperazine rings is 1. The van der Waals surface area contributed by atoms with E-state index in [1.807, 2.05) is 13.8 Å². The van der Waals surface area contributed by atoms with Gasteiger partial charge in [-0.05, 0) is 25.0 Å². The highest BCUT2D eigenvalue weighted by molar-refractivity contribution is 7.92. The van der Waals surface area contributed by atoms with Crippen molar-refractivity contribution in [2.45, 2.75) is 51.1 Å². The summed E-state index contributed by atoms with van der Waals surface area (Å²) in [5.74, 6) is 0.378. The molecule has 3 aliphatic rings. The second-order valence-electron chi connectivity index (χ2n) is 9.74. The molecule has 0 saturated carbocycles. The topological polar surface area (TPSA) is 74.8 Å². The van der Waals surface area contributed by atoms with E-state index in [1.165, 1.54) is 11.1 Å². The normalized spacial score (nSPS) is 31.3. The molecule has 0 unspecified atom stereocenters. The van der Waals surface area contributed by atoms with Crippen LogP contribution in [0.4, 0.5) is 0 Å². The van der Waals surface area contributed by atoms with Gasteiger partial charge in [0.25, 0.3) is 0 Å². The SMILES string of the molecule is Cc1ccc(CN2[C@@H]3CS(=O)(=O)C[C@@H]3N(Cc3ccc(C)cc3)[C@H]3CS(=O)(=O)C[C@H]32)cc1. The predicted octanol–water partition coefficient (Wildman–Crippen LogP) is 1.95. The lowest BCUT2D eigenvalue weighted by Crippen LogP contribution is -2.67. The van der Waals surface area contributed by atoms with Gasteiger partial charge in [0.15, 0.2) is 19.7 Å².